The second-order valence-electron chi connectivity index (χ2n) is 11.1. The minimum absolute atomic E-state index is 0.0528. The predicted octanol–water partition coefficient (Wildman–Crippen LogP) is 3.64. The Morgan fingerprint density at radius 1 is 1.03 bits per heavy atom. The number of rotatable bonds is 5. The molecule has 9 heteroatoms. The van der Waals surface area contributed by atoms with Crippen LogP contribution < -0.4 is 10.1 Å². The largest absolute Gasteiger partial charge is 0.489 e. The van der Waals surface area contributed by atoms with E-state index in [-0.39, 0.29) is 35.6 Å². The summed E-state index contributed by atoms with van der Waals surface area (Å²) < 4.78 is 19.9. The fourth-order valence-corrected chi connectivity index (χ4v) is 7.29. The smallest absolute Gasteiger partial charge is 0.255 e. The Labute approximate surface area is 218 Å². The highest BCUT2D eigenvalue weighted by Gasteiger charge is 2.63. The molecule has 4 heterocycles. The van der Waals surface area contributed by atoms with Crippen LogP contribution in [0.1, 0.15) is 59.5 Å². The number of likely N-dealkylation sites (tertiary alicyclic amines) is 1. The molecule has 0 spiro atoms. The van der Waals surface area contributed by atoms with Crippen LogP contribution in [-0.4, -0.2) is 58.3 Å². The van der Waals surface area contributed by atoms with Crippen molar-refractivity contribution < 1.29 is 23.5 Å². The molecule has 37 heavy (non-hydrogen) atoms. The minimum Gasteiger partial charge on any atom is -0.489 e. The van der Waals surface area contributed by atoms with Gasteiger partial charge in [-0.1, -0.05) is 17.7 Å². The molecule has 0 radical (unpaired) electrons. The Balaban J connectivity index is 1.02. The van der Waals surface area contributed by atoms with Crippen molar-refractivity contribution in [1.29, 1.82) is 0 Å². The highest BCUT2D eigenvalue weighted by Crippen LogP contribution is 2.49. The van der Waals surface area contributed by atoms with Crippen molar-refractivity contribution in [2.24, 2.45) is 5.92 Å². The Kier molecular flexibility index (Phi) is 5.18. The average Bonchev–Trinajstić information content (AvgIpc) is 3.38. The van der Waals surface area contributed by atoms with Gasteiger partial charge < -0.3 is 9.64 Å². The van der Waals surface area contributed by atoms with Crippen molar-refractivity contribution in [2.75, 3.05) is 13.1 Å². The molecule has 6 aliphatic rings. The standard InChI is InChI=1S/C28H27ClFN3O4/c29-22-9-18(30)4-6-20(22)17-12-32(13-17)23-2-1-3-24(23)37-19-5-7-21-15(8-19)14-33(26(21)35)28-10-16(11-28)25(34)31-27(28)36/h4-9,16-17,23-24H,1-3,10-14H2,(H,31,34,36)/t16?,23-,24+,28?/m0/s1. The van der Waals surface area contributed by atoms with Crippen molar-refractivity contribution in [2.45, 2.75) is 62.3 Å². The summed E-state index contributed by atoms with van der Waals surface area (Å²) in [7, 11) is 0. The number of amides is 3. The maximum atomic E-state index is 13.4. The Bertz CT molecular complexity index is 1340. The van der Waals surface area contributed by atoms with Crippen molar-refractivity contribution in [3.63, 3.8) is 0 Å². The van der Waals surface area contributed by atoms with Crippen molar-refractivity contribution in [3.05, 3.63) is 63.9 Å². The maximum Gasteiger partial charge on any atom is 0.255 e. The number of ether oxygens (including phenoxy) is 1. The third kappa shape index (κ3) is 3.52. The molecule has 2 atom stereocenters. The SMILES string of the molecule is O=C1NC(=O)C2(N3Cc4cc(O[C@@H]5CCC[C@@H]5N5CC(c6ccc(F)cc6Cl)C5)ccc4C3=O)CC1C2. The molecule has 3 saturated heterocycles. The monoisotopic (exact) mass is 523 g/mol. The summed E-state index contributed by atoms with van der Waals surface area (Å²) in [5.41, 5.74) is 1.54. The van der Waals surface area contributed by atoms with E-state index in [0.717, 1.165) is 49.2 Å². The lowest BCUT2D eigenvalue weighted by Gasteiger charge is -2.53. The molecule has 2 saturated carbocycles. The topological polar surface area (TPSA) is 79.0 Å². The molecular weight excluding hydrogens is 497 g/mol. The van der Waals surface area contributed by atoms with Gasteiger partial charge in [0.05, 0.1) is 0 Å². The molecule has 0 aromatic heterocycles. The Morgan fingerprint density at radius 3 is 2.59 bits per heavy atom. The van der Waals surface area contributed by atoms with Crippen molar-refractivity contribution in [3.8, 4) is 5.75 Å². The molecule has 2 aromatic rings. The van der Waals surface area contributed by atoms with E-state index >= 15 is 0 Å². The van der Waals surface area contributed by atoms with E-state index in [4.69, 9.17) is 16.3 Å². The fraction of sp³-hybridized carbons (Fsp3) is 0.464. The summed E-state index contributed by atoms with van der Waals surface area (Å²) in [4.78, 5) is 41.7. The van der Waals surface area contributed by atoms with Gasteiger partial charge in [-0.15, -0.1) is 0 Å². The van der Waals surface area contributed by atoms with E-state index < -0.39 is 5.54 Å². The van der Waals surface area contributed by atoms with Crippen molar-refractivity contribution >= 4 is 29.3 Å². The summed E-state index contributed by atoms with van der Waals surface area (Å²) in [6.45, 7) is 2.09. The highest BCUT2D eigenvalue weighted by atomic mass is 35.5. The lowest BCUT2D eigenvalue weighted by molar-refractivity contribution is -0.160. The quantitative estimate of drug-likeness (QED) is 0.605. The lowest BCUT2D eigenvalue weighted by atomic mass is 9.63. The normalized spacial score (nSPS) is 31.1. The van der Waals surface area contributed by atoms with Crippen molar-refractivity contribution in [1.82, 2.24) is 15.1 Å². The number of piperidine rings is 2. The first-order chi connectivity index (χ1) is 17.8. The van der Waals surface area contributed by atoms with E-state index in [9.17, 15) is 18.8 Å². The van der Waals surface area contributed by atoms with Gasteiger partial charge in [0.15, 0.2) is 0 Å². The molecule has 2 aromatic carbocycles. The first-order valence-electron chi connectivity index (χ1n) is 13.0. The molecule has 4 aliphatic heterocycles. The van der Waals surface area contributed by atoms with Gasteiger partial charge >= 0.3 is 0 Å². The van der Waals surface area contributed by atoms with Gasteiger partial charge in [-0.25, -0.2) is 4.39 Å². The second-order valence-corrected chi connectivity index (χ2v) is 11.5. The van der Waals surface area contributed by atoms with Crippen LogP contribution in [-0.2, 0) is 16.1 Å². The molecular formula is C28H27ClFN3O4. The summed E-state index contributed by atoms with van der Waals surface area (Å²) in [5, 5.41) is 2.91. The minimum atomic E-state index is -0.909. The van der Waals surface area contributed by atoms with Crippen LogP contribution >= 0.6 is 11.6 Å². The van der Waals surface area contributed by atoms with E-state index in [1.54, 1.807) is 17.0 Å². The van der Waals surface area contributed by atoms with Crippen LogP contribution in [0.5, 0.6) is 5.75 Å². The molecule has 3 amide bonds. The molecule has 7 nitrogen and oxygen atoms in total. The van der Waals surface area contributed by atoms with Gasteiger partial charge in [0.2, 0.25) is 5.91 Å². The average molecular weight is 524 g/mol. The summed E-state index contributed by atoms with van der Waals surface area (Å²) in [6, 6.07) is 10.5. The van der Waals surface area contributed by atoms with Gasteiger partial charge in [0.25, 0.3) is 11.8 Å². The molecule has 1 N–H and O–H groups in total. The Hall–Kier alpha value is -2.97. The summed E-state index contributed by atoms with van der Waals surface area (Å²) in [5.74, 6) is -0.224. The van der Waals surface area contributed by atoms with Crippen LogP contribution in [0.15, 0.2) is 36.4 Å². The third-order valence-corrected chi connectivity index (χ3v) is 9.41. The lowest BCUT2D eigenvalue weighted by Crippen LogP contribution is -2.73. The number of carbonyl (C=O) groups excluding carboxylic acids is 3. The zero-order valence-corrected chi connectivity index (χ0v) is 21.0. The number of benzene rings is 2. The van der Waals surface area contributed by atoms with Crippen LogP contribution in [0, 0.1) is 11.7 Å². The first-order valence-corrected chi connectivity index (χ1v) is 13.4. The number of imide groups is 1. The predicted molar refractivity (Wildman–Crippen MR) is 133 cm³/mol. The fourth-order valence-electron chi connectivity index (χ4n) is 6.96. The van der Waals surface area contributed by atoms with Crippen LogP contribution in [0.2, 0.25) is 5.02 Å². The molecule has 5 fully saturated rings. The number of nitrogens with one attached hydrogen (secondary N) is 1. The second kappa shape index (κ2) is 8.27. The van der Waals surface area contributed by atoms with E-state index in [2.05, 4.69) is 10.2 Å². The molecule has 192 valence electrons. The van der Waals surface area contributed by atoms with Gasteiger partial charge in [0.1, 0.15) is 23.2 Å². The summed E-state index contributed by atoms with van der Waals surface area (Å²) >= 11 is 6.27. The number of hydrogen-bond donors (Lipinski definition) is 1. The van der Waals surface area contributed by atoms with Crippen LogP contribution in [0.4, 0.5) is 4.39 Å². The van der Waals surface area contributed by atoms with E-state index in [1.165, 1.54) is 12.1 Å². The number of nitrogens with zero attached hydrogens (tertiary/aromatic N) is 2. The van der Waals surface area contributed by atoms with Gasteiger partial charge in [-0.3, -0.25) is 24.6 Å². The summed E-state index contributed by atoms with van der Waals surface area (Å²) in [6.07, 6.45) is 3.97. The van der Waals surface area contributed by atoms with Gasteiger partial charge in [-0.05, 0) is 73.6 Å². The molecule has 0 unspecified atom stereocenters. The number of halogens is 2. The van der Waals surface area contributed by atoms with Gasteiger partial charge in [0, 0.05) is 48.1 Å². The molecule has 2 bridgehead atoms. The van der Waals surface area contributed by atoms with Crippen LogP contribution in [0.3, 0.4) is 0 Å². The highest BCUT2D eigenvalue weighted by molar-refractivity contribution is 6.31. The first kappa shape index (κ1) is 23.2. The van der Waals surface area contributed by atoms with E-state index in [0.29, 0.717) is 41.9 Å². The van der Waals surface area contributed by atoms with Gasteiger partial charge in [-0.2, -0.15) is 0 Å². The van der Waals surface area contributed by atoms with E-state index in [1.807, 2.05) is 12.1 Å². The number of hydrogen-bond acceptors (Lipinski definition) is 5. The zero-order chi connectivity index (χ0) is 25.5. The molecule has 2 aliphatic carbocycles. The number of carbonyl (C=O) groups is 3. The zero-order valence-electron chi connectivity index (χ0n) is 20.2. The Morgan fingerprint density at radius 2 is 1.84 bits per heavy atom. The maximum absolute atomic E-state index is 13.4. The third-order valence-electron chi connectivity index (χ3n) is 9.08. The molecule has 8 rings (SSSR count). The number of fused-ring (bicyclic) bond motifs is 3. The van der Waals surface area contributed by atoms with Crippen LogP contribution in [0.25, 0.3) is 0 Å².